The average molecular weight is 444 g/mol. The molecule has 0 aromatic carbocycles. The summed E-state index contributed by atoms with van der Waals surface area (Å²) in [6, 6.07) is 4.14. The van der Waals surface area contributed by atoms with Gasteiger partial charge in [-0.1, -0.05) is 17.8 Å². The second-order valence-corrected chi connectivity index (χ2v) is 11.8. The van der Waals surface area contributed by atoms with Gasteiger partial charge in [-0.25, -0.2) is 0 Å². The van der Waals surface area contributed by atoms with Crippen LogP contribution < -0.4 is 0 Å². The Kier molecular flexibility index (Phi) is 5.04. The molecule has 2 aromatic heterocycles. The maximum atomic E-state index is 13.5. The Morgan fingerprint density at radius 2 is 1.97 bits per heavy atom. The molecular weight excluding hydrogens is 414 g/mol. The van der Waals surface area contributed by atoms with Gasteiger partial charge in [0.1, 0.15) is 5.78 Å². The molecule has 0 amide bonds. The second kappa shape index (κ2) is 7.75. The van der Waals surface area contributed by atoms with Crippen molar-refractivity contribution >= 4 is 28.9 Å². The molecule has 30 heavy (non-hydrogen) atoms. The fourth-order valence-corrected chi connectivity index (χ4v) is 8.57. The zero-order chi connectivity index (χ0) is 20.1. The number of ketones is 1. The molecule has 1 aliphatic heterocycles. The van der Waals surface area contributed by atoms with Crippen LogP contribution in [0.1, 0.15) is 51.4 Å². The molecule has 3 heterocycles. The van der Waals surface area contributed by atoms with Crippen LogP contribution in [0.2, 0.25) is 0 Å². The van der Waals surface area contributed by atoms with Gasteiger partial charge in [-0.05, 0) is 80.6 Å². The lowest BCUT2D eigenvalue weighted by molar-refractivity contribution is -0.141. The number of Topliss-reactive ketones (excluding diaryl/α,β-unsaturated/α-hetero) is 1. The summed E-state index contributed by atoms with van der Waals surface area (Å²) in [6.07, 6.45) is 9.97. The molecule has 5 aliphatic rings. The minimum Gasteiger partial charge on any atom is -0.376 e. The van der Waals surface area contributed by atoms with Crippen molar-refractivity contribution in [1.82, 2.24) is 14.8 Å². The molecule has 4 aliphatic carbocycles. The average Bonchev–Trinajstić information content (AvgIpc) is 3.48. The van der Waals surface area contributed by atoms with Crippen molar-refractivity contribution in [3.8, 4) is 10.7 Å². The first kappa shape index (κ1) is 19.5. The number of carbonyl (C=O) groups is 1. The zero-order valence-electron chi connectivity index (χ0n) is 17.3. The molecule has 4 bridgehead atoms. The highest BCUT2D eigenvalue weighted by atomic mass is 32.2. The minimum absolute atomic E-state index is 0.0300. The van der Waals surface area contributed by atoms with Crippen LogP contribution in [0.15, 0.2) is 22.7 Å². The molecule has 0 N–H and O–H groups in total. The maximum absolute atomic E-state index is 13.5. The Labute approximate surface area is 186 Å². The van der Waals surface area contributed by atoms with Crippen molar-refractivity contribution in [2.75, 3.05) is 12.4 Å². The Morgan fingerprint density at radius 3 is 2.60 bits per heavy atom. The molecule has 1 saturated heterocycles. The molecule has 0 radical (unpaired) electrons. The summed E-state index contributed by atoms with van der Waals surface area (Å²) in [4.78, 5) is 14.6. The van der Waals surface area contributed by atoms with E-state index in [1.165, 1.54) is 19.3 Å². The lowest BCUT2D eigenvalue weighted by Gasteiger charge is -2.56. The summed E-state index contributed by atoms with van der Waals surface area (Å²) in [5.74, 6) is 4.32. The fourth-order valence-electron chi connectivity index (χ4n) is 6.88. The summed E-state index contributed by atoms with van der Waals surface area (Å²) in [5.41, 5.74) is -0.0300. The van der Waals surface area contributed by atoms with Crippen LogP contribution in [-0.4, -0.2) is 39.0 Å². The number of hydrogen-bond donors (Lipinski definition) is 0. The molecule has 7 heteroatoms. The van der Waals surface area contributed by atoms with Crippen molar-refractivity contribution in [2.45, 2.75) is 69.2 Å². The van der Waals surface area contributed by atoms with E-state index in [1.54, 1.807) is 23.1 Å². The molecule has 1 atom stereocenters. The molecule has 5 fully saturated rings. The topological polar surface area (TPSA) is 57.0 Å². The molecule has 7 rings (SSSR count). The van der Waals surface area contributed by atoms with Crippen LogP contribution in [0.3, 0.4) is 0 Å². The monoisotopic (exact) mass is 443 g/mol. The Balaban J connectivity index is 1.21. The molecule has 1 unspecified atom stereocenters. The predicted octanol–water partition coefficient (Wildman–Crippen LogP) is 5.06. The van der Waals surface area contributed by atoms with E-state index in [1.807, 2.05) is 0 Å². The van der Waals surface area contributed by atoms with Gasteiger partial charge in [0.2, 0.25) is 0 Å². The normalized spacial score (nSPS) is 34.7. The lowest BCUT2D eigenvalue weighted by atomic mass is 9.48. The highest BCUT2D eigenvalue weighted by Gasteiger charge is 2.54. The zero-order valence-corrected chi connectivity index (χ0v) is 18.9. The molecule has 160 valence electrons. The maximum Gasteiger partial charge on any atom is 0.192 e. The van der Waals surface area contributed by atoms with E-state index in [2.05, 4.69) is 32.3 Å². The fraction of sp³-hybridized carbons (Fsp3) is 0.696. The number of carbonyl (C=O) groups excluding carboxylic acids is 1. The molecule has 0 spiro atoms. The summed E-state index contributed by atoms with van der Waals surface area (Å²) in [5, 5.41) is 12.0. The third-order valence-corrected chi connectivity index (χ3v) is 9.66. The first-order chi connectivity index (χ1) is 14.7. The SMILES string of the molecule is O=C(CSc1nnc(-c2cccs2)n1CC1CCCO1)C12CC3CC(CC(C3)C1)C2. The van der Waals surface area contributed by atoms with Gasteiger partial charge in [-0.15, -0.1) is 21.5 Å². The largest absolute Gasteiger partial charge is 0.376 e. The summed E-state index contributed by atoms with van der Waals surface area (Å²) >= 11 is 3.28. The molecule has 5 nitrogen and oxygen atoms in total. The van der Waals surface area contributed by atoms with E-state index < -0.39 is 0 Å². The van der Waals surface area contributed by atoms with Crippen molar-refractivity contribution in [3.05, 3.63) is 17.5 Å². The summed E-state index contributed by atoms with van der Waals surface area (Å²) < 4.78 is 8.09. The van der Waals surface area contributed by atoms with Gasteiger partial charge in [0, 0.05) is 12.0 Å². The third-order valence-electron chi connectivity index (χ3n) is 7.83. The molecule has 2 aromatic rings. The van der Waals surface area contributed by atoms with Crippen molar-refractivity contribution in [2.24, 2.45) is 23.2 Å². The molecule has 4 saturated carbocycles. The number of hydrogen-bond acceptors (Lipinski definition) is 6. The van der Waals surface area contributed by atoms with E-state index in [0.717, 1.165) is 78.9 Å². The number of aromatic nitrogens is 3. The third kappa shape index (κ3) is 3.47. The summed E-state index contributed by atoms with van der Waals surface area (Å²) in [6.45, 7) is 1.61. The van der Waals surface area contributed by atoms with Crippen molar-refractivity contribution < 1.29 is 9.53 Å². The van der Waals surface area contributed by atoms with Crippen LogP contribution in [-0.2, 0) is 16.1 Å². The minimum atomic E-state index is -0.0300. The Hall–Kier alpha value is -1.18. The van der Waals surface area contributed by atoms with Crippen LogP contribution >= 0.6 is 23.1 Å². The van der Waals surface area contributed by atoms with Gasteiger partial charge in [-0.3, -0.25) is 9.36 Å². The summed E-state index contributed by atoms with van der Waals surface area (Å²) in [7, 11) is 0. The number of ether oxygens (including phenoxy) is 1. The van der Waals surface area contributed by atoms with E-state index in [-0.39, 0.29) is 11.5 Å². The predicted molar refractivity (Wildman–Crippen MR) is 119 cm³/mol. The smallest absolute Gasteiger partial charge is 0.192 e. The second-order valence-electron chi connectivity index (χ2n) is 9.94. The van der Waals surface area contributed by atoms with Gasteiger partial charge in [0.25, 0.3) is 0 Å². The lowest BCUT2D eigenvalue weighted by Crippen LogP contribution is -2.50. The number of rotatable bonds is 7. The quantitative estimate of drug-likeness (QED) is 0.560. The van der Waals surface area contributed by atoms with Gasteiger partial charge < -0.3 is 4.74 Å². The van der Waals surface area contributed by atoms with Crippen molar-refractivity contribution in [1.29, 1.82) is 0 Å². The van der Waals surface area contributed by atoms with Crippen LogP contribution in [0.5, 0.6) is 0 Å². The van der Waals surface area contributed by atoms with Gasteiger partial charge >= 0.3 is 0 Å². The first-order valence-electron chi connectivity index (χ1n) is 11.4. The Bertz CT molecular complexity index is 882. The molecular formula is C23H29N3O2S2. The van der Waals surface area contributed by atoms with Crippen LogP contribution in [0.4, 0.5) is 0 Å². The van der Waals surface area contributed by atoms with Crippen molar-refractivity contribution in [3.63, 3.8) is 0 Å². The van der Waals surface area contributed by atoms with Crippen LogP contribution in [0, 0.1) is 23.2 Å². The van der Waals surface area contributed by atoms with Crippen LogP contribution in [0.25, 0.3) is 10.7 Å². The van der Waals surface area contributed by atoms with Gasteiger partial charge in [0.15, 0.2) is 11.0 Å². The van der Waals surface area contributed by atoms with Gasteiger partial charge in [0.05, 0.1) is 23.3 Å². The number of thiophene rings is 1. The highest BCUT2D eigenvalue weighted by molar-refractivity contribution is 7.99. The number of nitrogens with zero attached hydrogens (tertiary/aromatic N) is 3. The van der Waals surface area contributed by atoms with E-state index >= 15 is 0 Å². The van der Waals surface area contributed by atoms with E-state index in [0.29, 0.717) is 11.5 Å². The highest BCUT2D eigenvalue weighted by Crippen LogP contribution is 2.60. The first-order valence-corrected chi connectivity index (χ1v) is 13.3. The Morgan fingerprint density at radius 1 is 1.20 bits per heavy atom. The standard InChI is InChI=1S/C23H29N3O2S2/c27-20(23-10-15-7-16(11-23)9-17(8-15)12-23)14-30-22-25-24-21(19-4-2-6-29-19)26(22)13-18-3-1-5-28-18/h2,4,6,15-18H,1,3,5,7-14H2. The van der Waals surface area contributed by atoms with E-state index in [9.17, 15) is 4.79 Å². The number of thioether (sulfide) groups is 1. The van der Waals surface area contributed by atoms with E-state index in [4.69, 9.17) is 4.74 Å². The van der Waals surface area contributed by atoms with Gasteiger partial charge in [-0.2, -0.15) is 0 Å².